The Morgan fingerprint density at radius 2 is 1.86 bits per heavy atom. The molecular weight excluding hydrogens is 538 g/mol. The van der Waals surface area contributed by atoms with Crippen LogP contribution in [-0.4, -0.2) is 47.2 Å². The SMILES string of the molecule is COC(=O)N(C)c1cc2onc(C(=O)Nc3ccc(C#N)cc3C(=O)C(O)c3ccccc3)c2cc1-c1cccnc1. The van der Waals surface area contributed by atoms with E-state index in [2.05, 4.69) is 15.5 Å². The highest BCUT2D eigenvalue weighted by molar-refractivity contribution is 6.15. The molecule has 0 aliphatic rings. The van der Waals surface area contributed by atoms with Gasteiger partial charge in [0.1, 0.15) is 6.10 Å². The summed E-state index contributed by atoms with van der Waals surface area (Å²) in [5.41, 5.74) is 2.33. The van der Waals surface area contributed by atoms with Crippen LogP contribution in [0.1, 0.15) is 38.1 Å². The molecule has 5 rings (SSSR count). The third-order valence-corrected chi connectivity index (χ3v) is 6.61. The second-order valence-corrected chi connectivity index (χ2v) is 9.17. The summed E-state index contributed by atoms with van der Waals surface area (Å²) < 4.78 is 10.3. The predicted octanol–water partition coefficient (Wildman–Crippen LogP) is 5.13. The van der Waals surface area contributed by atoms with Crippen molar-refractivity contribution in [3.8, 4) is 17.2 Å². The molecule has 42 heavy (non-hydrogen) atoms. The van der Waals surface area contributed by atoms with E-state index in [0.29, 0.717) is 27.8 Å². The smallest absolute Gasteiger partial charge is 0.413 e. The summed E-state index contributed by atoms with van der Waals surface area (Å²) in [5.74, 6) is -1.40. The van der Waals surface area contributed by atoms with E-state index in [1.807, 2.05) is 6.07 Å². The number of aromatic nitrogens is 2. The van der Waals surface area contributed by atoms with Crippen LogP contribution in [0.25, 0.3) is 22.1 Å². The fraction of sp³-hybridized carbons (Fsp3) is 0.0968. The molecule has 2 aromatic heterocycles. The minimum absolute atomic E-state index is 0.0513. The van der Waals surface area contributed by atoms with E-state index in [1.54, 1.807) is 67.0 Å². The summed E-state index contributed by atoms with van der Waals surface area (Å²) >= 11 is 0. The van der Waals surface area contributed by atoms with Crippen molar-refractivity contribution >= 4 is 40.1 Å². The van der Waals surface area contributed by atoms with Crippen molar-refractivity contribution in [1.82, 2.24) is 10.1 Å². The Bertz CT molecular complexity index is 1850. The van der Waals surface area contributed by atoms with Gasteiger partial charge in [-0.05, 0) is 35.9 Å². The zero-order valence-corrected chi connectivity index (χ0v) is 22.4. The third kappa shape index (κ3) is 5.30. The van der Waals surface area contributed by atoms with Crippen molar-refractivity contribution in [3.63, 3.8) is 0 Å². The fourth-order valence-corrected chi connectivity index (χ4v) is 4.45. The number of fused-ring (bicyclic) bond motifs is 1. The molecule has 0 saturated heterocycles. The van der Waals surface area contributed by atoms with Gasteiger partial charge in [0.2, 0.25) is 0 Å². The number of benzene rings is 3. The number of pyridine rings is 1. The Morgan fingerprint density at radius 3 is 2.55 bits per heavy atom. The Labute approximate surface area is 239 Å². The lowest BCUT2D eigenvalue weighted by Crippen LogP contribution is -2.26. The number of amides is 2. The number of anilines is 2. The first-order valence-corrected chi connectivity index (χ1v) is 12.6. The molecule has 0 spiro atoms. The Morgan fingerprint density at radius 1 is 1.07 bits per heavy atom. The molecule has 2 amide bonds. The zero-order valence-electron chi connectivity index (χ0n) is 22.4. The highest BCUT2D eigenvalue weighted by Gasteiger charge is 2.26. The summed E-state index contributed by atoms with van der Waals surface area (Å²) in [6, 6.07) is 21.2. The van der Waals surface area contributed by atoms with Gasteiger partial charge in [-0.2, -0.15) is 5.26 Å². The van der Waals surface area contributed by atoms with Crippen LogP contribution in [0.4, 0.5) is 16.2 Å². The number of aliphatic hydroxyl groups excluding tert-OH is 1. The van der Waals surface area contributed by atoms with E-state index in [1.165, 1.54) is 37.3 Å². The third-order valence-electron chi connectivity index (χ3n) is 6.61. The number of nitrogens with one attached hydrogen (secondary N) is 1. The minimum atomic E-state index is -1.52. The van der Waals surface area contributed by atoms with Crippen molar-refractivity contribution in [3.05, 3.63) is 108 Å². The van der Waals surface area contributed by atoms with Gasteiger partial charge in [0.15, 0.2) is 17.1 Å². The fourth-order valence-electron chi connectivity index (χ4n) is 4.45. The molecular formula is C31H23N5O6. The molecule has 208 valence electrons. The molecule has 11 heteroatoms. The highest BCUT2D eigenvalue weighted by atomic mass is 16.5. The number of nitriles is 1. The van der Waals surface area contributed by atoms with Gasteiger partial charge in [0.05, 0.1) is 35.5 Å². The molecule has 2 N–H and O–H groups in total. The van der Waals surface area contributed by atoms with Crippen molar-refractivity contribution in [2.75, 3.05) is 24.4 Å². The normalized spacial score (nSPS) is 11.4. The zero-order chi connectivity index (χ0) is 29.8. The average Bonchev–Trinajstić information content (AvgIpc) is 3.47. The van der Waals surface area contributed by atoms with Gasteiger partial charge in [0.25, 0.3) is 5.91 Å². The summed E-state index contributed by atoms with van der Waals surface area (Å²) in [7, 11) is 2.79. The van der Waals surface area contributed by atoms with E-state index in [9.17, 15) is 24.8 Å². The van der Waals surface area contributed by atoms with E-state index >= 15 is 0 Å². The van der Waals surface area contributed by atoms with Crippen molar-refractivity contribution in [2.45, 2.75) is 6.10 Å². The van der Waals surface area contributed by atoms with Gasteiger partial charge in [0, 0.05) is 42.2 Å². The monoisotopic (exact) mass is 561 g/mol. The van der Waals surface area contributed by atoms with Crippen LogP contribution >= 0.6 is 0 Å². The molecule has 1 atom stereocenters. The minimum Gasteiger partial charge on any atom is -0.452 e. The second kappa shape index (κ2) is 11.7. The van der Waals surface area contributed by atoms with Crippen molar-refractivity contribution < 1.29 is 28.8 Å². The summed E-state index contributed by atoms with van der Waals surface area (Å²) in [5, 5.41) is 27.1. The molecule has 0 saturated carbocycles. The van der Waals surface area contributed by atoms with Crippen LogP contribution in [0.15, 0.2) is 89.7 Å². The number of aliphatic hydroxyl groups is 1. The molecule has 0 radical (unpaired) electrons. The van der Waals surface area contributed by atoms with E-state index in [-0.39, 0.29) is 28.1 Å². The van der Waals surface area contributed by atoms with Gasteiger partial charge in [-0.1, -0.05) is 41.6 Å². The number of Topliss-reactive ketones (excluding diaryl/α,β-unsaturated/α-hetero) is 1. The van der Waals surface area contributed by atoms with Crippen LogP contribution in [0.5, 0.6) is 0 Å². The number of hydrogen-bond donors (Lipinski definition) is 2. The Kier molecular flexibility index (Phi) is 7.72. The van der Waals surface area contributed by atoms with Crippen molar-refractivity contribution in [2.24, 2.45) is 0 Å². The quantitative estimate of drug-likeness (QED) is 0.257. The molecule has 0 bridgehead atoms. The van der Waals surface area contributed by atoms with Gasteiger partial charge >= 0.3 is 6.09 Å². The summed E-state index contributed by atoms with van der Waals surface area (Å²) in [6.07, 6.45) is 1.08. The highest BCUT2D eigenvalue weighted by Crippen LogP contribution is 2.36. The lowest BCUT2D eigenvalue weighted by atomic mass is 9.97. The summed E-state index contributed by atoms with van der Waals surface area (Å²) in [4.78, 5) is 44.6. The molecule has 5 aromatic rings. The Balaban J connectivity index is 1.55. The molecule has 3 aromatic carbocycles. The number of methoxy groups -OCH3 is 1. The lowest BCUT2D eigenvalue weighted by molar-refractivity contribution is 0.0748. The summed E-state index contributed by atoms with van der Waals surface area (Å²) in [6.45, 7) is 0. The van der Waals surface area contributed by atoms with Crippen LogP contribution in [0.3, 0.4) is 0 Å². The van der Waals surface area contributed by atoms with Crippen LogP contribution in [0, 0.1) is 11.3 Å². The Hall–Kier alpha value is -5.86. The average molecular weight is 562 g/mol. The standard InChI is InChI=1S/C31H23N5O6/c1-36(31(40)41-2)25-15-26-23(14-21(25)20-9-6-12-33-17-20)27(35-42-26)30(39)34-24-11-10-18(16-32)13-22(24)29(38)28(37)19-7-4-3-5-8-19/h3-15,17,28,37H,1-2H3,(H,34,39). The number of carbonyl (C=O) groups is 3. The first kappa shape index (κ1) is 27.7. The maximum Gasteiger partial charge on any atom is 0.413 e. The van der Waals surface area contributed by atoms with Crippen LogP contribution < -0.4 is 10.2 Å². The van der Waals surface area contributed by atoms with Crippen LogP contribution in [-0.2, 0) is 4.74 Å². The van der Waals surface area contributed by atoms with Gasteiger partial charge in [-0.25, -0.2) is 4.79 Å². The van der Waals surface area contributed by atoms with Gasteiger partial charge in [-0.3, -0.25) is 19.5 Å². The maximum absolute atomic E-state index is 13.5. The largest absolute Gasteiger partial charge is 0.452 e. The second-order valence-electron chi connectivity index (χ2n) is 9.17. The number of nitrogens with zero attached hydrogens (tertiary/aromatic N) is 4. The molecule has 11 nitrogen and oxygen atoms in total. The van der Waals surface area contributed by atoms with E-state index in [4.69, 9.17) is 9.26 Å². The number of rotatable bonds is 7. The molecule has 1 unspecified atom stereocenters. The number of carbonyl (C=O) groups excluding carboxylic acids is 3. The molecule has 2 heterocycles. The molecule has 0 aliphatic carbocycles. The molecule has 0 aliphatic heterocycles. The number of ketones is 1. The maximum atomic E-state index is 13.5. The predicted molar refractivity (Wildman–Crippen MR) is 153 cm³/mol. The van der Waals surface area contributed by atoms with Crippen molar-refractivity contribution in [1.29, 1.82) is 5.26 Å². The van der Waals surface area contributed by atoms with Crippen LogP contribution in [0.2, 0.25) is 0 Å². The first-order chi connectivity index (χ1) is 20.3. The lowest BCUT2D eigenvalue weighted by Gasteiger charge is -2.19. The number of ether oxygens (including phenoxy) is 1. The van der Waals surface area contributed by atoms with Gasteiger partial charge < -0.3 is 19.7 Å². The first-order valence-electron chi connectivity index (χ1n) is 12.6. The van der Waals surface area contributed by atoms with Gasteiger partial charge in [-0.15, -0.1) is 0 Å². The topological polar surface area (TPSA) is 159 Å². The molecule has 0 fully saturated rings. The number of hydrogen-bond acceptors (Lipinski definition) is 9. The van der Waals surface area contributed by atoms with E-state index in [0.717, 1.165) is 0 Å². The van der Waals surface area contributed by atoms with E-state index < -0.39 is 23.9 Å².